The van der Waals surface area contributed by atoms with Gasteiger partial charge in [0.05, 0.1) is 6.54 Å². The number of nitrogens with zero attached hydrogens (tertiary/aromatic N) is 5. The third-order valence-electron chi connectivity index (χ3n) is 4.57. The van der Waals surface area contributed by atoms with E-state index in [1.165, 1.54) is 4.57 Å². The molecule has 0 unspecified atom stereocenters. The van der Waals surface area contributed by atoms with Gasteiger partial charge in [0, 0.05) is 31.0 Å². The summed E-state index contributed by atoms with van der Waals surface area (Å²) in [6, 6.07) is 3.62. The quantitative estimate of drug-likeness (QED) is 0.544. The normalized spacial score (nSPS) is 11.2. The van der Waals surface area contributed by atoms with E-state index in [4.69, 9.17) is 10.3 Å². The molecule has 0 saturated carbocycles. The predicted molar refractivity (Wildman–Crippen MR) is 114 cm³/mol. The van der Waals surface area contributed by atoms with Gasteiger partial charge >= 0.3 is 5.69 Å². The fourth-order valence-corrected chi connectivity index (χ4v) is 3.14. The minimum Gasteiger partial charge on any atom is -0.383 e. The first kappa shape index (κ1) is 21.3. The van der Waals surface area contributed by atoms with Gasteiger partial charge < -0.3 is 15.2 Å². The van der Waals surface area contributed by atoms with Crippen LogP contribution in [-0.4, -0.2) is 31.2 Å². The van der Waals surface area contributed by atoms with Gasteiger partial charge in [0.15, 0.2) is 0 Å². The van der Waals surface area contributed by atoms with Crippen LogP contribution >= 0.6 is 0 Å². The largest absolute Gasteiger partial charge is 0.383 e. The number of hydrogen-bond acceptors (Lipinski definition) is 8. The van der Waals surface area contributed by atoms with Crippen LogP contribution in [0.5, 0.6) is 0 Å². The number of anilines is 2. The minimum atomic E-state index is -0.527. The van der Waals surface area contributed by atoms with Crippen molar-refractivity contribution in [1.29, 1.82) is 0 Å². The maximum absolute atomic E-state index is 12.7. The van der Waals surface area contributed by atoms with Crippen molar-refractivity contribution in [1.82, 2.24) is 24.7 Å². The van der Waals surface area contributed by atoms with Crippen LogP contribution in [-0.2, 0) is 13.1 Å². The summed E-state index contributed by atoms with van der Waals surface area (Å²) >= 11 is 0. The number of pyridine rings is 1. The van der Waals surface area contributed by atoms with E-state index >= 15 is 0 Å². The fraction of sp³-hybridized carbons (Fsp3) is 0.450. The molecule has 0 spiro atoms. The summed E-state index contributed by atoms with van der Waals surface area (Å²) in [5.74, 6) is 1.08. The molecular weight excluding hydrogens is 386 g/mol. The maximum Gasteiger partial charge on any atom is 0.330 e. The molecular formula is C20H27N7O3. The SMILES string of the molecule is CCCCN(Cc1nc(-c2cccnc2)no1)c1c(N)n(CC(C)C)c(=O)[nH]c1=O. The highest BCUT2D eigenvalue weighted by Crippen LogP contribution is 2.21. The lowest BCUT2D eigenvalue weighted by atomic mass is 10.2. The molecule has 0 fully saturated rings. The van der Waals surface area contributed by atoms with Crippen LogP contribution in [0.4, 0.5) is 11.5 Å². The first-order valence-corrected chi connectivity index (χ1v) is 10.0. The van der Waals surface area contributed by atoms with Gasteiger partial charge in [0.25, 0.3) is 5.56 Å². The summed E-state index contributed by atoms with van der Waals surface area (Å²) in [6.07, 6.45) is 5.06. The number of rotatable bonds is 9. The Balaban J connectivity index is 1.96. The van der Waals surface area contributed by atoms with Crippen LogP contribution in [0.3, 0.4) is 0 Å². The highest BCUT2D eigenvalue weighted by Gasteiger charge is 2.21. The van der Waals surface area contributed by atoms with Gasteiger partial charge in [-0.05, 0) is 24.5 Å². The highest BCUT2D eigenvalue weighted by atomic mass is 16.5. The number of nitrogens with two attached hydrogens (primary N) is 1. The van der Waals surface area contributed by atoms with E-state index in [-0.39, 0.29) is 24.0 Å². The van der Waals surface area contributed by atoms with Gasteiger partial charge in [-0.1, -0.05) is 32.3 Å². The third-order valence-corrected chi connectivity index (χ3v) is 4.57. The molecule has 3 aromatic rings. The third kappa shape index (κ3) is 4.76. The Morgan fingerprint density at radius 2 is 2.13 bits per heavy atom. The smallest absolute Gasteiger partial charge is 0.330 e. The molecule has 0 aliphatic rings. The number of nitrogen functional groups attached to an aromatic ring is 1. The van der Waals surface area contributed by atoms with E-state index in [1.54, 1.807) is 23.4 Å². The van der Waals surface area contributed by atoms with E-state index in [2.05, 4.69) is 27.0 Å². The highest BCUT2D eigenvalue weighted by molar-refractivity contribution is 5.62. The van der Waals surface area contributed by atoms with Crippen molar-refractivity contribution in [2.75, 3.05) is 17.2 Å². The Bertz CT molecular complexity index is 1090. The number of H-pyrrole nitrogens is 1. The van der Waals surface area contributed by atoms with Crippen molar-refractivity contribution >= 4 is 11.5 Å². The van der Waals surface area contributed by atoms with Crippen molar-refractivity contribution in [2.24, 2.45) is 5.92 Å². The van der Waals surface area contributed by atoms with Crippen LogP contribution in [0.25, 0.3) is 11.4 Å². The van der Waals surface area contributed by atoms with Crippen molar-refractivity contribution in [3.63, 3.8) is 0 Å². The minimum absolute atomic E-state index is 0.139. The summed E-state index contributed by atoms with van der Waals surface area (Å²) in [4.78, 5) is 37.6. The van der Waals surface area contributed by atoms with Crippen LogP contribution < -0.4 is 21.9 Å². The molecule has 30 heavy (non-hydrogen) atoms. The first-order chi connectivity index (χ1) is 14.4. The Morgan fingerprint density at radius 1 is 1.33 bits per heavy atom. The summed E-state index contributed by atoms with van der Waals surface area (Å²) < 4.78 is 6.80. The molecule has 3 aromatic heterocycles. The molecule has 0 saturated heterocycles. The van der Waals surface area contributed by atoms with E-state index < -0.39 is 11.2 Å². The Morgan fingerprint density at radius 3 is 2.80 bits per heavy atom. The lowest BCUT2D eigenvalue weighted by Crippen LogP contribution is -2.39. The molecule has 0 aliphatic carbocycles. The second-order valence-electron chi connectivity index (χ2n) is 7.53. The number of unbranched alkanes of at least 4 members (excludes halogenated alkanes) is 1. The molecule has 0 amide bonds. The second-order valence-corrected chi connectivity index (χ2v) is 7.53. The van der Waals surface area contributed by atoms with Crippen LogP contribution in [0, 0.1) is 5.92 Å². The van der Waals surface area contributed by atoms with Crippen LogP contribution in [0.2, 0.25) is 0 Å². The zero-order chi connectivity index (χ0) is 21.7. The van der Waals surface area contributed by atoms with E-state index in [9.17, 15) is 9.59 Å². The van der Waals surface area contributed by atoms with Gasteiger partial charge in [-0.25, -0.2) is 4.79 Å². The summed E-state index contributed by atoms with van der Waals surface area (Å²) in [6.45, 7) is 7.16. The number of aromatic nitrogens is 5. The van der Waals surface area contributed by atoms with E-state index in [0.29, 0.717) is 24.8 Å². The lowest BCUT2D eigenvalue weighted by molar-refractivity contribution is 0.376. The van der Waals surface area contributed by atoms with E-state index in [0.717, 1.165) is 18.4 Å². The zero-order valence-electron chi connectivity index (χ0n) is 17.5. The van der Waals surface area contributed by atoms with Crippen molar-refractivity contribution in [3.05, 3.63) is 51.3 Å². The van der Waals surface area contributed by atoms with Gasteiger partial charge in [-0.2, -0.15) is 4.98 Å². The number of hydrogen-bond donors (Lipinski definition) is 2. The molecule has 0 atom stereocenters. The average molecular weight is 413 g/mol. The molecule has 3 N–H and O–H groups in total. The molecule has 10 nitrogen and oxygen atoms in total. The van der Waals surface area contributed by atoms with Gasteiger partial charge in [0.1, 0.15) is 11.5 Å². The Labute approximate surface area is 173 Å². The zero-order valence-corrected chi connectivity index (χ0v) is 17.5. The van der Waals surface area contributed by atoms with Crippen molar-refractivity contribution in [2.45, 2.75) is 46.7 Å². The average Bonchev–Trinajstić information content (AvgIpc) is 3.18. The Kier molecular flexibility index (Phi) is 6.65. The summed E-state index contributed by atoms with van der Waals surface area (Å²) in [5, 5.41) is 4.00. The molecule has 0 aromatic carbocycles. The molecule has 0 aliphatic heterocycles. The monoisotopic (exact) mass is 413 g/mol. The topological polar surface area (TPSA) is 136 Å². The van der Waals surface area contributed by atoms with E-state index in [1.807, 2.05) is 19.9 Å². The predicted octanol–water partition coefficient (Wildman–Crippen LogP) is 2.03. The summed E-state index contributed by atoms with van der Waals surface area (Å²) in [5.41, 5.74) is 6.22. The molecule has 3 heterocycles. The van der Waals surface area contributed by atoms with Crippen molar-refractivity contribution < 1.29 is 4.52 Å². The molecule has 3 rings (SSSR count). The summed E-state index contributed by atoms with van der Waals surface area (Å²) in [7, 11) is 0. The number of aromatic amines is 1. The van der Waals surface area contributed by atoms with Gasteiger partial charge in [0.2, 0.25) is 11.7 Å². The molecule has 0 bridgehead atoms. The van der Waals surface area contributed by atoms with Gasteiger partial charge in [-0.15, -0.1) is 0 Å². The lowest BCUT2D eigenvalue weighted by Gasteiger charge is -2.25. The maximum atomic E-state index is 12.7. The van der Waals surface area contributed by atoms with Crippen LogP contribution in [0.15, 0.2) is 38.6 Å². The fourth-order valence-electron chi connectivity index (χ4n) is 3.14. The van der Waals surface area contributed by atoms with Gasteiger partial charge in [-0.3, -0.25) is 19.3 Å². The molecule has 160 valence electrons. The number of nitrogens with one attached hydrogen (secondary N) is 1. The molecule has 0 radical (unpaired) electrons. The molecule has 10 heteroatoms. The van der Waals surface area contributed by atoms with Crippen LogP contribution in [0.1, 0.15) is 39.5 Å². The second kappa shape index (κ2) is 9.38. The Hall–Kier alpha value is -3.43. The first-order valence-electron chi connectivity index (χ1n) is 10.0. The van der Waals surface area contributed by atoms with Crippen molar-refractivity contribution in [3.8, 4) is 11.4 Å². The standard InChI is InChI=1S/C20H27N7O3/c1-4-5-9-26(12-15-23-18(25-30-15)14-7-6-8-22-10-14)16-17(21)27(11-13(2)3)20(29)24-19(16)28/h6-8,10,13H,4-5,9,11-12,21H2,1-3H3,(H,24,28,29).